The van der Waals surface area contributed by atoms with Gasteiger partial charge in [0, 0.05) is 12.0 Å². The summed E-state index contributed by atoms with van der Waals surface area (Å²) in [7, 11) is 0. The number of fused-ring (bicyclic) bond motifs is 1. The number of benzene rings is 1. The molecule has 0 amide bonds. The van der Waals surface area contributed by atoms with Gasteiger partial charge < -0.3 is 9.84 Å². The molecule has 1 aliphatic heterocycles. The third kappa shape index (κ3) is 1.47. The second-order valence-corrected chi connectivity index (χ2v) is 3.86. The Hall–Kier alpha value is -2.30. The van der Waals surface area contributed by atoms with E-state index in [1.807, 2.05) is 18.2 Å². The molecule has 0 radical (unpaired) electrons. The number of ether oxygens (including phenoxy) is 1. The molecular formula is C12H10N2O3. The van der Waals surface area contributed by atoms with Crippen LogP contribution in [0.4, 0.5) is 0 Å². The van der Waals surface area contributed by atoms with Crippen molar-refractivity contribution in [2.45, 2.75) is 6.42 Å². The van der Waals surface area contributed by atoms with E-state index in [0.29, 0.717) is 12.3 Å². The van der Waals surface area contributed by atoms with E-state index >= 15 is 0 Å². The van der Waals surface area contributed by atoms with Gasteiger partial charge in [0.25, 0.3) is 0 Å². The molecule has 5 nitrogen and oxygen atoms in total. The fraction of sp³-hybridized carbons (Fsp3) is 0.167. The lowest BCUT2D eigenvalue weighted by molar-refractivity contribution is 0.0698. The molecule has 0 bridgehead atoms. The molecule has 2 heterocycles. The number of nitrogens with one attached hydrogen (secondary N) is 1. The summed E-state index contributed by atoms with van der Waals surface area (Å²) in [6.45, 7) is 0.642. The summed E-state index contributed by atoms with van der Waals surface area (Å²) in [5, 5.41) is 15.6. The molecule has 0 saturated heterocycles. The molecule has 0 fully saturated rings. The summed E-state index contributed by atoms with van der Waals surface area (Å²) < 4.78 is 5.55. The van der Waals surface area contributed by atoms with E-state index in [4.69, 9.17) is 9.84 Å². The van der Waals surface area contributed by atoms with Crippen molar-refractivity contribution >= 4 is 5.97 Å². The van der Waals surface area contributed by atoms with E-state index in [1.54, 1.807) is 0 Å². The van der Waals surface area contributed by atoms with Crippen LogP contribution >= 0.6 is 0 Å². The summed E-state index contributed by atoms with van der Waals surface area (Å²) in [6, 6.07) is 5.72. The van der Waals surface area contributed by atoms with Crippen LogP contribution in [0.15, 0.2) is 24.4 Å². The zero-order valence-electron chi connectivity index (χ0n) is 8.93. The van der Waals surface area contributed by atoms with Gasteiger partial charge in [0.1, 0.15) is 11.3 Å². The number of carboxylic acids is 1. The third-order valence-corrected chi connectivity index (χ3v) is 2.85. The molecule has 17 heavy (non-hydrogen) atoms. The number of hydrogen-bond acceptors (Lipinski definition) is 3. The minimum Gasteiger partial charge on any atom is -0.492 e. The van der Waals surface area contributed by atoms with Gasteiger partial charge in [-0.2, -0.15) is 5.10 Å². The first kappa shape index (κ1) is 9.89. The Morgan fingerprint density at radius 2 is 2.35 bits per heavy atom. The number of para-hydroxylation sites is 1. The first-order valence-corrected chi connectivity index (χ1v) is 5.29. The van der Waals surface area contributed by atoms with Gasteiger partial charge in [0.2, 0.25) is 0 Å². The number of aromatic nitrogens is 2. The second kappa shape index (κ2) is 3.62. The van der Waals surface area contributed by atoms with Crippen molar-refractivity contribution in [3.63, 3.8) is 0 Å². The van der Waals surface area contributed by atoms with Crippen LogP contribution in [0.1, 0.15) is 15.9 Å². The molecule has 1 aromatic carbocycles. The van der Waals surface area contributed by atoms with Crippen LogP contribution in [0.25, 0.3) is 11.3 Å². The van der Waals surface area contributed by atoms with E-state index in [-0.39, 0.29) is 5.56 Å². The lowest BCUT2D eigenvalue weighted by atomic mass is 10.0. The normalized spacial score (nSPS) is 13.2. The third-order valence-electron chi connectivity index (χ3n) is 2.85. The highest BCUT2D eigenvalue weighted by Gasteiger charge is 2.21. The molecule has 0 unspecified atom stereocenters. The quantitative estimate of drug-likeness (QED) is 0.823. The lowest BCUT2D eigenvalue weighted by Crippen LogP contribution is -1.98. The maximum Gasteiger partial charge on any atom is 0.339 e. The zero-order valence-corrected chi connectivity index (χ0v) is 8.93. The summed E-state index contributed by atoms with van der Waals surface area (Å²) in [6.07, 6.45) is 2.17. The molecule has 5 heteroatoms. The molecule has 0 aliphatic carbocycles. The van der Waals surface area contributed by atoms with Gasteiger partial charge in [0.15, 0.2) is 0 Å². The Labute approximate surface area is 97.0 Å². The number of aromatic carboxylic acids is 1. The first-order chi connectivity index (χ1) is 8.27. The second-order valence-electron chi connectivity index (χ2n) is 3.86. The standard InChI is InChI=1S/C12H10N2O3/c15-12(16)9-6-13-14-10(9)8-3-1-2-7-4-5-17-11(7)8/h1-3,6H,4-5H2,(H,13,14)(H,15,16). The van der Waals surface area contributed by atoms with Crippen LogP contribution < -0.4 is 4.74 Å². The van der Waals surface area contributed by atoms with E-state index < -0.39 is 5.97 Å². The largest absolute Gasteiger partial charge is 0.492 e. The van der Waals surface area contributed by atoms with Crippen molar-refractivity contribution in [1.82, 2.24) is 10.2 Å². The molecule has 1 aromatic heterocycles. The maximum atomic E-state index is 11.1. The van der Waals surface area contributed by atoms with Gasteiger partial charge in [-0.1, -0.05) is 12.1 Å². The molecule has 1 aliphatic rings. The van der Waals surface area contributed by atoms with Crippen LogP contribution in [0.3, 0.4) is 0 Å². The van der Waals surface area contributed by atoms with E-state index in [0.717, 1.165) is 23.3 Å². The molecule has 86 valence electrons. The highest BCUT2D eigenvalue weighted by Crippen LogP contribution is 2.36. The number of carbonyl (C=O) groups is 1. The van der Waals surface area contributed by atoms with Gasteiger partial charge in [-0.15, -0.1) is 0 Å². The van der Waals surface area contributed by atoms with Crippen molar-refractivity contribution in [3.8, 4) is 17.0 Å². The molecule has 0 saturated carbocycles. The molecule has 2 N–H and O–H groups in total. The fourth-order valence-electron chi connectivity index (χ4n) is 2.07. The van der Waals surface area contributed by atoms with E-state index in [9.17, 15) is 4.79 Å². The number of nitrogens with zero attached hydrogens (tertiary/aromatic N) is 1. The lowest BCUT2D eigenvalue weighted by Gasteiger charge is -2.06. The number of hydrogen-bond donors (Lipinski definition) is 2. The minimum atomic E-state index is -0.996. The molecule has 0 atom stereocenters. The van der Waals surface area contributed by atoms with Crippen molar-refractivity contribution in [2.24, 2.45) is 0 Å². The molecule has 2 aromatic rings. The van der Waals surface area contributed by atoms with Crippen LogP contribution in [0.5, 0.6) is 5.75 Å². The predicted molar refractivity (Wildman–Crippen MR) is 60.2 cm³/mol. The summed E-state index contributed by atoms with van der Waals surface area (Å²) in [5.41, 5.74) is 2.52. The Morgan fingerprint density at radius 3 is 3.18 bits per heavy atom. The van der Waals surface area contributed by atoms with Gasteiger partial charge in [-0.25, -0.2) is 4.79 Å². The van der Waals surface area contributed by atoms with Gasteiger partial charge in [-0.3, -0.25) is 5.10 Å². The fourth-order valence-corrected chi connectivity index (χ4v) is 2.07. The average molecular weight is 230 g/mol. The number of aromatic amines is 1. The summed E-state index contributed by atoms with van der Waals surface area (Å²) in [5.74, 6) is -0.233. The van der Waals surface area contributed by atoms with Crippen LogP contribution in [-0.4, -0.2) is 27.9 Å². The van der Waals surface area contributed by atoms with Gasteiger partial charge >= 0.3 is 5.97 Å². The average Bonchev–Trinajstić information content (AvgIpc) is 2.97. The zero-order chi connectivity index (χ0) is 11.8. The highest BCUT2D eigenvalue weighted by molar-refractivity contribution is 5.95. The van der Waals surface area contributed by atoms with Crippen molar-refractivity contribution in [1.29, 1.82) is 0 Å². The van der Waals surface area contributed by atoms with Crippen LogP contribution in [0.2, 0.25) is 0 Å². The summed E-state index contributed by atoms with van der Waals surface area (Å²) >= 11 is 0. The van der Waals surface area contributed by atoms with Crippen LogP contribution in [0, 0.1) is 0 Å². The van der Waals surface area contributed by atoms with Crippen molar-refractivity contribution < 1.29 is 14.6 Å². The number of H-pyrrole nitrogens is 1. The monoisotopic (exact) mass is 230 g/mol. The summed E-state index contributed by atoms with van der Waals surface area (Å²) in [4.78, 5) is 11.1. The SMILES string of the molecule is O=C(O)c1cn[nH]c1-c1cccc2c1OCC2. The molecule has 0 spiro atoms. The number of rotatable bonds is 2. The van der Waals surface area contributed by atoms with Gasteiger partial charge in [-0.05, 0) is 11.6 Å². The van der Waals surface area contributed by atoms with Crippen molar-refractivity contribution in [3.05, 3.63) is 35.5 Å². The Bertz CT molecular complexity index is 589. The first-order valence-electron chi connectivity index (χ1n) is 5.29. The van der Waals surface area contributed by atoms with Crippen molar-refractivity contribution in [2.75, 3.05) is 6.61 Å². The smallest absolute Gasteiger partial charge is 0.339 e. The van der Waals surface area contributed by atoms with Gasteiger partial charge in [0.05, 0.1) is 18.5 Å². The number of carboxylic acid groups (broad SMARTS) is 1. The topological polar surface area (TPSA) is 75.2 Å². The van der Waals surface area contributed by atoms with Crippen LogP contribution in [-0.2, 0) is 6.42 Å². The maximum absolute atomic E-state index is 11.1. The minimum absolute atomic E-state index is 0.161. The Balaban J connectivity index is 2.19. The Morgan fingerprint density at radius 1 is 1.47 bits per heavy atom. The molecule has 3 rings (SSSR count). The predicted octanol–water partition coefficient (Wildman–Crippen LogP) is 1.71. The molecular weight excluding hydrogens is 220 g/mol. The van der Waals surface area contributed by atoms with E-state index in [1.165, 1.54) is 6.20 Å². The highest BCUT2D eigenvalue weighted by atomic mass is 16.5. The van der Waals surface area contributed by atoms with E-state index in [2.05, 4.69) is 10.2 Å². The Kier molecular flexibility index (Phi) is 2.11.